The van der Waals surface area contributed by atoms with E-state index in [1.54, 1.807) is 0 Å². The van der Waals surface area contributed by atoms with Gasteiger partial charge in [0.2, 0.25) is 5.91 Å². The lowest BCUT2D eigenvalue weighted by Gasteiger charge is -2.27. The van der Waals surface area contributed by atoms with Gasteiger partial charge in [0, 0.05) is 36.2 Å². The van der Waals surface area contributed by atoms with Crippen LogP contribution in [0.15, 0.2) is 63.0 Å². The van der Waals surface area contributed by atoms with Gasteiger partial charge < -0.3 is 10.3 Å². The molecule has 160 valence electrons. The average molecular weight is 499 g/mol. The number of amides is 1. The molecule has 0 saturated heterocycles. The molecule has 1 amide bonds. The Bertz CT molecular complexity index is 1150. The number of aryl methyl sites for hydroxylation is 1. The smallest absolute Gasteiger partial charge is 0.256 e. The second-order valence-electron chi connectivity index (χ2n) is 7.54. The molecular formula is C23H23BrN4O2S. The second kappa shape index (κ2) is 9.80. The summed E-state index contributed by atoms with van der Waals surface area (Å²) in [6.45, 7) is 4.22. The van der Waals surface area contributed by atoms with Crippen LogP contribution in [0.3, 0.4) is 0 Å². The summed E-state index contributed by atoms with van der Waals surface area (Å²) in [5, 5.41) is 3.37. The number of H-pyrrole nitrogens is 1. The molecule has 2 N–H and O–H groups in total. The lowest BCUT2D eigenvalue weighted by molar-refractivity contribution is -0.113. The van der Waals surface area contributed by atoms with Crippen LogP contribution in [0.5, 0.6) is 0 Å². The Morgan fingerprint density at radius 3 is 2.84 bits per heavy atom. The number of nitrogens with one attached hydrogen (secondary N) is 2. The third-order valence-electron chi connectivity index (χ3n) is 5.16. The van der Waals surface area contributed by atoms with E-state index in [1.165, 1.54) is 17.3 Å². The van der Waals surface area contributed by atoms with E-state index in [-0.39, 0.29) is 17.2 Å². The van der Waals surface area contributed by atoms with Gasteiger partial charge in [0.05, 0.1) is 17.0 Å². The van der Waals surface area contributed by atoms with Gasteiger partial charge in [-0.2, -0.15) is 0 Å². The number of fused-ring (bicyclic) bond motifs is 1. The first kappa shape index (κ1) is 21.8. The number of halogens is 1. The molecule has 0 unspecified atom stereocenters. The van der Waals surface area contributed by atoms with Gasteiger partial charge in [0.1, 0.15) is 0 Å². The largest absolute Gasteiger partial charge is 0.325 e. The number of hydrogen-bond donors (Lipinski definition) is 2. The van der Waals surface area contributed by atoms with Crippen molar-refractivity contribution < 1.29 is 4.79 Å². The predicted molar refractivity (Wildman–Crippen MR) is 127 cm³/mol. The van der Waals surface area contributed by atoms with Crippen LogP contribution in [0.2, 0.25) is 0 Å². The molecule has 2 aromatic carbocycles. The van der Waals surface area contributed by atoms with Crippen molar-refractivity contribution in [2.24, 2.45) is 0 Å². The Labute approximate surface area is 193 Å². The molecule has 6 nitrogen and oxygen atoms in total. The van der Waals surface area contributed by atoms with E-state index in [4.69, 9.17) is 0 Å². The van der Waals surface area contributed by atoms with Crippen LogP contribution in [0.4, 0.5) is 5.69 Å². The van der Waals surface area contributed by atoms with Crippen molar-refractivity contribution in [3.8, 4) is 0 Å². The van der Waals surface area contributed by atoms with Crippen molar-refractivity contribution in [2.75, 3.05) is 17.6 Å². The van der Waals surface area contributed by atoms with Crippen molar-refractivity contribution in [1.82, 2.24) is 14.9 Å². The zero-order chi connectivity index (χ0) is 21.8. The van der Waals surface area contributed by atoms with E-state index >= 15 is 0 Å². The molecule has 0 saturated carbocycles. The third kappa shape index (κ3) is 5.64. The van der Waals surface area contributed by atoms with Gasteiger partial charge in [-0.1, -0.05) is 58.0 Å². The standard InChI is InChI=1S/C23H23BrN4O2S/c1-15-11-17(7-8-19(15)24)25-21(29)14-31-23-26-20-9-10-28(13-18(20)22(30)27-23)12-16-5-3-2-4-6-16/h2-8,11H,9-10,12-14H2,1H3,(H,25,29)(H,26,27,30). The molecule has 0 radical (unpaired) electrons. The van der Waals surface area contributed by atoms with E-state index in [0.29, 0.717) is 11.7 Å². The molecule has 0 fully saturated rings. The van der Waals surface area contributed by atoms with Crippen LogP contribution in [-0.2, 0) is 24.3 Å². The number of benzene rings is 2. The van der Waals surface area contributed by atoms with E-state index in [1.807, 2.05) is 43.3 Å². The minimum Gasteiger partial charge on any atom is -0.325 e. The lowest BCUT2D eigenvalue weighted by Crippen LogP contribution is -2.35. The summed E-state index contributed by atoms with van der Waals surface area (Å²) in [5.41, 5.74) is 4.47. The Morgan fingerprint density at radius 1 is 1.26 bits per heavy atom. The van der Waals surface area contributed by atoms with Crippen LogP contribution in [0, 0.1) is 6.92 Å². The Balaban J connectivity index is 1.36. The molecular weight excluding hydrogens is 476 g/mol. The SMILES string of the molecule is Cc1cc(NC(=O)CSc2nc3c(c(=O)[nH]2)CN(Cc2ccccc2)CC3)ccc1Br. The molecule has 2 heterocycles. The summed E-state index contributed by atoms with van der Waals surface area (Å²) in [6, 6.07) is 15.9. The van der Waals surface area contributed by atoms with Crippen LogP contribution < -0.4 is 10.9 Å². The van der Waals surface area contributed by atoms with Gasteiger partial charge in [-0.25, -0.2) is 4.98 Å². The summed E-state index contributed by atoms with van der Waals surface area (Å²) >= 11 is 4.70. The number of hydrogen-bond acceptors (Lipinski definition) is 5. The van der Waals surface area contributed by atoms with Gasteiger partial charge in [-0.05, 0) is 36.2 Å². The number of nitrogens with zero attached hydrogens (tertiary/aromatic N) is 2. The first-order chi connectivity index (χ1) is 15.0. The number of thioether (sulfide) groups is 1. The summed E-state index contributed by atoms with van der Waals surface area (Å²) in [5.74, 6) is 0.0397. The number of carbonyl (C=O) groups is 1. The fourth-order valence-electron chi connectivity index (χ4n) is 3.56. The number of aromatic amines is 1. The Hall–Kier alpha value is -2.42. The van der Waals surface area contributed by atoms with Crippen molar-refractivity contribution in [3.05, 3.63) is 85.7 Å². The topological polar surface area (TPSA) is 78.1 Å². The minimum atomic E-state index is -0.138. The number of aromatic nitrogens is 2. The Kier molecular flexibility index (Phi) is 6.89. The maximum atomic E-state index is 12.6. The zero-order valence-corrected chi connectivity index (χ0v) is 19.6. The number of rotatable bonds is 6. The summed E-state index contributed by atoms with van der Waals surface area (Å²) in [7, 11) is 0. The highest BCUT2D eigenvalue weighted by atomic mass is 79.9. The fraction of sp³-hybridized carbons (Fsp3) is 0.261. The maximum absolute atomic E-state index is 12.6. The zero-order valence-electron chi connectivity index (χ0n) is 17.2. The molecule has 4 rings (SSSR count). The second-order valence-corrected chi connectivity index (χ2v) is 9.36. The van der Waals surface area contributed by atoms with Gasteiger partial charge in [0.15, 0.2) is 5.16 Å². The van der Waals surface area contributed by atoms with Crippen LogP contribution >= 0.6 is 27.7 Å². The lowest BCUT2D eigenvalue weighted by atomic mass is 10.1. The fourth-order valence-corrected chi connectivity index (χ4v) is 4.48. The molecule has 1 aliphatic heterocycles. The first-order valence-corrected chi connectivity index (χ1v) is 11.8. The molecule has 3 aromatic rings. The molecule has 1 aliphatic rings. The van der Waals surface area contributed by atoms with E-state index in [0.717, 1.165) is 46.5 Å². The monoisotopic (exact) mass is 498 g/mol. The summed E-state index contributed by atoms with van der Waals surface area (Å²) < 4.78 is 0.998. The van der Waals surface area contributed by atoms with Gasteiger partial charge in [-0.15, -0.1) is 0 Å². The maximum Gasteiger partial charge on any atom is 0.256 e. The molecule has 0 bridgehead atoms. The van der Waals surface area contributed by atoms with Crippen molar-refractivity contribution in [1.29, 1.82) is 0 Å². The molecule has 8 heteroatoms. The highest BCUT2D eigenvalue weighted by Gasteiger charge is 2.21. The molecule has 0 atom stereocenters. The van der Waals surface area contributed by atoms with Crippen molar-refractivity contribution in [2.45, 2.75) is 31.6 Å². The highest BCUT2D eigenvalue weighted by Crippen LogP contribution is 2.22. The van der Waals surface area contributed by atoms with Crippen LogP contribution in [0.1, 0.15) is 22.4 Å². The number of anilines is 1. The quantitative estimate of drug-likeness (QED) is 0.394. The first-order valence-electron chi connectivity index (χ1n) is 10.0. The van der Waals surface area contributed by atoms with E-state index in [2.05, 4.69) is 48.2 Å². The highest BCUT2D eigenvalue weighted by molar-refractivity contribution is 9.10. The van der Waals surface area contributed by atoms with Crippen LogP contribution in [0.25, 0.3) is 0 Å². The van der Waals surface area contributed by atoms with Gasteiger partial charge in [0.25, 0.3) is 5.56 Å². The summed E-state index contributed by atoms with van der Waals surface area (Å²) in [6.07, 6.45) is 0.726. The third-order valence-corrected chi connectivity index (χ3v) is 6.92. The average Bonchev–Trinajstić information content (AvgIpc) is 2.76. The van der Waals surface area contributed by atoms with Crippen LogP contribution in [-0.4, -0.2) is 33.1 Å². The predicted octanol–water partition coefficient (Wildman–Crippen LogP) is 4.13. The Morgan fingerprint density at radius 2 is 2.06 bits per heavy atom. The van der Waals surface area contributed by atoms with Gasteiger partial charge >= 0.3 is 0 Å². The van der Waals surface area contributed by atoms with Crippen molar-refractivity contribution >= 4 is 39.3 Å². The summed E-state index contributed by atoms with van der Waals surface area (Å²) in [4.78, 5) is 34.7. The minimum absolute atomic E-state index is 0.116. The molecule has 0 aliphatic carbocycles. The number of carbonyl (C=O) groups excluding carboxylic acids is 1. The normalized spacial score (nSPS) is 13.6. The van der Waals surface area contributed by atoms with Crippen molar-refractivity contribution in [3.63, 3.8) is 0 Å². The van der Waals surface area contributed by atoms with E-state index in [9.17, 15) is 9.59 Å². The molecule has 31 heavy (non-hydrogen) atoms. The van der Waals surface area contributed by atoms with E-state index < -0.39 is 0 Å². The molecule has 0 spiro atoms. The van der Waals surface area contributed by atoms with Gasteiger partial charge in [-0.3, -0.25) is 14.5 Å². The molecule has 1 aromatic heterocycles.